The standard InChI is InChI=1S/C23H28Cl2N4.2CH4O3S/c1-5-26-16(3)28(22-14-18(24)8-10-20(22)26)12-7-13-29-17(4)27(6-2)21-11-9-19(25)15-23(21)29;2*1-5(2,3)4/h8-11,14-15H,5-7,12-13H2,1-4H3;2*1H3,(H,2,3,4)/q+2;;/p-2. The number of hydrogen-bond donors (Lipinski definition) is 0. The van der Waals surface area contributed by atoms with E-state index in [1.807, 2.05) is 12.1 Å². The highest BCUT2D eigenvalue weighted by Gasteiger charge is 2.23. The Morgan fingerprint density at radius 3 is 1.31 bits per heavy atom. The third-order valence-corrected chi connectivity index (χ3v) is 6.47. The van der Waals surface area contributed by atoms with Crippen molar-refractivity contribution in [2.24, 2.45) is 0 Å². The molecule has 4 rings (SSSR count). The number of fused-ring (bicyclic) bond motifs is 2. The van der Waals surface area contributed by atoms with Crippen LogP contribution in [0.2, 0.25) is 10.0 Å². The first-order valence-electron chi connectivity index (χ1n) is 12.1. The molecule has 216 valence electrons. The number of rotatable bonds is 6. The molecule has 0 saturated heterocycles. The van der Waals surface area contributed by atoms with Gasteiger partial charge in [0.15, 0.2) is 22.1 Å². The van der Waals surface area contributed by atoms with Gasteiger partial charge in [0.05, 0.1) is 46.4 Å². The van der Waals surface area contributed by atoms with Crippen molar-refractivity contribution in [2.75, 3.05) is 12.5 Å². The van der Waals surface area contributed by atoms with E-state index in [2.05, 4.69) is 70.2 Å². The summed E-state index contributed by atoms with van der Waals surface area (Å²) in [6.45, 7) is 12.6. The minimum Gasteiger partial charge on any atom is -0.748 e. The quantitative estimate of drug-likeness (QED) is 0.239. The first kappa shape index (κ1) is 33.0. The molecular formula is C25H34Cl2N4O6S2. The van der Waals surface area contributed by atoms with E-state index in [-0.39, 0.29) is 0 Å². The molecule has 0 amide bonds. The maximum absolute atomic E-state index is 9.08. The van der Waals surface area contributed by atoms with Gasteiger partial charge in [-0.3, -0.25) is 0 Å². The van der Waals surface area contributed by atoms with Crippen molar-refractivity contribution in [3.63, 3.8) is 0 Å². The highest BCUT2D eigenvalue weighted by atomic mass is 35.5. The van der Waals surface area contributed by atoms with Crippen LogP contribution in [0.15, 0.2) is 36.4 Å². The van der Waals surface area contributed by atoms with Crippen molar-refractivity contribution in [1.82, 2.24) is 9.13 Å². The van der Waals surface area contributed by atoms with Crippen LogP contribution in [-0.2, 0) is 46.4 Å². The van der Waals surface area contributed by atoms with Crippen LogP contribution < -0.4 is 9.13 Å². The van der Waals surface area contributed by atoms with Gasteiger partial charge in [-0.2, -0.15) is 0 Å². The monoisotopic (exact) mass is 620 g/mol. The summed E-state index contributed by atoms with van der Waals surface area (Å²) in [6.07, 6.45) is 2.24. The summed E-state index contributed by atoms with van der Waals surface area (Å²) in [5, 5.41) is 1.57. The lowest BCUT2D eigenvalue weighted by Gasteiger charge is -2.03. The van der Waals surface area contributed by atoms with E-state index in [1.165, 1.54) is 33.7 Å². The Hall–Kier alpha value is -2.22. The zero-order chi connectivity index (χ0) is 29.7. The molecule has 0 aliphatic heterocycles. The third kappa shape index (κ3) is 9.44. The van der Waals surface area contributed by atoms with Crippen LogP contribution in [0.4, 0.5) is 0 Å². The Bertz CT molecular complexity index is 1540. The largest absolute Gasteiger partial charge is 0.748 e. The number of aryl methyl sites for hydroxylation is 4. The predicted molar refractivity (Wildman–Crippen MR) is 151 cm³/mol. The molecule has 0 fully saturated rings. The van der Waals surface area contributed by atoms with Gasteiger partial charge in [-0.25, -0.2) is 35.1 Å². The predicted octanol–water partition coefficient (Wildman–Crippen LogP) is 3.55. The summed E-state index contributed by atoms with van der Waals surface area (Å²) in [5.41, 5.74) is 4.90. The van der Waals surface area contributed by atoms with Crippen LogP contribution in [0.1, 0.15) is 31.9 Å². The Morgan fingerprint density at radius 2 is 1.03 bits per heavy atom. The fourth-order valence-electron chi connectivity index (χ4n) is 4.62. The third-order valence-electron chi connectivity index (χ3n) is 6.00. The zero-order valence-electron chi connectivity index (χ0n) is 22.8. The lowest BCUT2D eigenvalue weighted by atomic mass is 10.3. The van der Waals surface area contributed by atoms with Crippen molar-refractivity contribution in [3.05, 3.63) is 58.1 Å². The Kier molecular flexibility index (Phi) is 11.4. The van der Waals surface area contributed by atoms with Gasteiger partial charge in [-0.1, -0.05) is 23.2 Å². The van der Waals surface area contributed by atoms with Crippen LogP contribution >= 0.6 is 23.2 Å². The molecular weight excluding hydrogens is 587 g/mol. The molecule has 0 aliphatic rings. The zero-order valence-corrected chi connectivity index (χ0v) is 26.0. The molecule has 4 aromatic rings. The fraction of sp³-hybridized carbons (Fsp3) is 0.440. The molecule has 0 aliphatic carbocycles. The smallest absolute Gasteiger partial charge is 0.254 e. The van der Waals surface area contributed by atoms with Gasteiger partial charge in [-0.05, 0) is 38.1 Å². The molecule has 10 nitrogen and oxygen atoms in total. The maximum Gasteiger partial charge on any atom is 0.254 e. The lowest BCUT2D eigenvalue weighted by Crippen LogP contribution is -2.35. The molecule has 0 unspecified atom stereocenters. The minimum atomic E-state index is -3.92. The van der Waals surface area contributed by atoms with E-state index < -0.39 is 20.2 Å². The first-order valence-corrected chi connectivity index (χ1v) is 16.5. The maximum atomic E-state index is 9.08. The van der Waals surface area contributed by atoms with Crippen LogP contribution in [0.5, 0.6) is 0 Å². The minimum absolute atomic E-state index is 0.604. The van der Waals surface area contributed by atoms with E-state index in [9.17, 15) is 0 Å². The van der Waals surface area contributed by atoms with Gasteiger partial charge in [0, 0.05) is 55.0 Å². The molecule has 0 atom stereocenters. The summed E-state index contributed by atoms with van der Waals surface area (Å²) in [6, 6.07) is 12.4. The lowest BCUT2D eigenvalue weighted by molar-refractivity contribution is -0.675. The number of aromatic nitrogens is 4. The Morgan fingerprint density at radius 1 is 0.718 bits per heavy atom. The van der Waals surface area contributed by atoms with E-state index in [0.717, 1.165) is 42.6 Å². The van der Waals surface area contributed by atoms with Crippen molar-refractivity contribution < 1.29 is 35.1 Å². The van der Waals surface area contributed by atoms with Gasteiger partial charge in [-0.15, -0.1) is 0 Å². The average molecular weight is 622 g/mol. The van der Waals surface area contributed by atoms with Crippen molar-refractivity contribution in [2.45, 2.75) is 60.3 Å². The highest BCUT2D eigenvalue weighted by Crippen LogP contribution is 2.22. The van der Waals surface area contributed by atoms with Crippen molar-refractivity contribution >= 4 is 65.5 Å². The Balaban J connectivity index is 0.000000458. The molecule has 0 spiro atoms. The second kappa shape index (κ2) is 13.4. The first-order chi connectivity index (χ1) is 18.0. The normalized spacial score (nSPS) is 11.7. The van der Waals surface area contributed by atoms with Gasteiger partial charge >= 0.3 is 0 Å². The van der Waals surface area contributed by atoms with E-state index in [1.54, 1.807) is 0 Å². The summed E-state index contributed by atoms with van der Waals surface area (Å²) < 4.78 is 64.0. The number of halogens is 2. The second-order valence-electron chi connectivity index (χ2n) is 8.91. The fourth-order valence-corrected chi connectivity index (χ4v) is 4.95. The molecule has 0 saturated carbocycles. The van der Waals surface area contributed by atoms with Gasteiger partial charge in [0.2, 0.25) is 0 Å². The number of hydrogen-bond acceptors (Lipinski definition) is 6. The summed E-state index contributed by atoms with van der Waals surface area (Å²) in [5.74, 6) is 2.54. The van der Waals surface area contributed by atoms with Crippen LogP contribution in [0, 0.1) is 13.8 Å². The molecule has 2 aromatic carbocycles. The van der Waals surface area contributed by atoms with Gasteiger partial charge in [0.1, 0.15) is 0 Å². The molecule has 14 heteroatoms. The van der Waals surface area contributed by atoms with E-state index in [4.69, 9.17) is 49.1 Å². The Labute approximate surface area is 239 Å². The SMILES string of the molecule is CC[n+]1c(C)n(CCCn2c(C)[n+](CC)c3ccc(Cl)cc32)c2cc(Cl)ccc21.CS(=O)(=O)[O-].CS(=O)(=O)[O-]. The highest BCUT2D eigenvalue weighted by molar-refractivity contribution is 7.85. The summed E-state index contributed by atoms with van der Waals surface area (Å²) in [4.78, 5) is 0. The number of benzene rings is 2. The molecule has 0 radical (unpaired) electrons. The van der Waals surface area contributed by atoms with E-state index in [0.29, 0.717) is 12.5 Å². The summed E-state index contributed by atoms with van der Waals surface area (Å²) >= 11 is 12.6. The molecule has 0 N–H and O–H groups in total. The average Bonchev–Trinajstić information content (AvgIpc) is 3.20. The summed E-state index contributed by atoms with van der Waals surface area (Å²) in [7, 11) is -7.83. The number of nitrogens with zero attached hydrogens (tertiary/aromatic N) is 4. The topological polar surface area (TPSA) is 132 Å². The van der Waals surface area contributed by atoms with Gasteiger partial charge < -0.3 is 9.11 Å². The van der Waals surface area contributed by atoms with E-state index >= 15 is 0 Å². The molecule has 2 heterocycles. The number of imidazole rings is 2. The molecule has 39 heavy (non-hydrogen) atoms. The van der Waals surface area contributed by atoms with Gasteiger partial charge in [0.25, 0.3) is 11.6 Å². The van der Waals surface area contributed by atoms with Crippen molar-refractivity contribution in [3.8, 4) is 0 Å². The molecule has 0 bridgehead atoms. The van der Waals surface area contributed by atoms with Crippen LogP contribution in [-0.4, -0.2) is 47.6 Å². The van der Waals surface area contributed by atoms with Crippen molar-refractivity contribution in [1.29, 1.82) is 0 Å². The molecule has 2 aromatic heterocycles. The second-order valence-corrected chi connectivity index (χ2v) is 12.6. The van der Waals surface area contributed by atoms with Crippen LogP contribution in [0.25, 0.3) is 22.1 Å². The van der Waals surface area contributed by atoms with Crippen LogP contribution in [0.3, 0.4) is 0 Å².